The lowest BCUT2D eigenvalue weighted by Crippen LogP contribution is -1.85. The molecule has 1 N–H and O–H groups in total. The molecule has 0 spiro atoms. The van der Waals surface area contributed by atoms with Crippen molar-refractivity contribution in [2.45, 2.75) is 0 Å². The molecule has 0 amide bonds. The summed E-state index contributed by atoms with van der Waals surface area (Å²) in [4.78, 5) is 7.62. The van der Waals surface area contributed by atoms with Crippen molar-refractivity contribution in [3.05, 3.63) is 63.5 Å². The zero-order valence-corrected chi connectivity index (χ0v) is 12.6. The fourth-order valence-electron chi connectivity index (χ4n) is 1.96. The molecule has 3 aromatic rings. The van der Waals surface area contributed by atoms with Crippen LogP contribution in [0.3, 0.4) is 0 Å². The summed E-state index contributed by atoms with van der Waals surface area (Å²) in [5, 5.41) is 9.34. The number of fused-ring (bicyclic) bond motifs is 1. The Morgan fingerprint density at radius 3 is 2.60 bits per heavy atom. The van der Waals surface area contributed by atoms with Gasteiger partial charge in [-0.05, 0) is 58.5 Å². The van der Waals surface area contributed by atoms with E-state index in [1.165, 1.54) is 3.57 Å². The van der Waals surface area contributed by atoms with Gasteiger partial charge in [0.2, 0.25) is 0 Å². The molecule has 0 saturated carbocycles. The van der Waals surface area contributed by atoms with E-state index in [1.54, 1.807) is 0 Å². The zero-order chi connectivity index (χ0) is 13.9. The van der Waals surface area contributed by atoms with Gasteiger partial charge in [0.15, 0.2) is 0 Å². The molecule has 0 bridgehead atoms. The fourth-order valence-corrected chi connectivity index (χ4v) is 2.32. The van der Waals surface area contributed by atoms with Crippen LogP contribution in [-0.2, 0) is 0 Å². The Balaban J connectivity index is 2.05. The second-order valence-corrected chi connectivity index (χ2v) is 5.57. The Morgan fingerprint density at radius 2 is 1.90 bits per heavy atom. The zero-order valence-electron chi connectivity index (χ0n) is 10.5. The number of benzene rings is 2. The van der Waals surface area contributed by atoms with Gasteiger partial charge in [-0.25, -0.2) is 4.98 Å². The van der Waals surface area contributed by atoms with Crippen molar-refractivity contribution >= 4 is 45.3 Å². The second kappa shape index (κ2) is 5.47. The van der Waals surface area contributed by atoms with E-state index in [0.717, 1.165) is 16.6 Å². The smallest absolute Gasteiger partial charge is 0.149 e. The van der Waals surface area contributed by atoms with Crippen molar-refractivity contribution in [1.82, 2.24) is 9.97 Å². The Hall–Kier alpha value is -2.13. The maximum absolute atomic E-state index is 9.34. The molecule has 4 heteroatoms. The van der Waals surface area contributed by atoms with E-state index in [9.17, 15) is 5.26 Å². The number of halogens is 1. The molecule has 0 radical (unpaired) electrons. The number of nitrogens with zero attached hydrogens (tertiary/aromatic N) is 2. The number of aromatic nitrogens is 2. The monoisotopic (exact) mass is 371 g/mol. The number of hydrogen-bond acceptors (Lipinski definition) is 2. The van der Waals surface area contributed by atoms with E-state index < -0.39 is 0 Å². The molecule has 3 rings (SSSR count). The van der Waals surface area contributed by atoms with Gasteiger partial charge in [0.25, 0.3) is 0 Å². The third-order valence-electron chi connectivity index (χ3n) is 2.95. The Kier molecular flexibility index (Phi) is 3.52. The van der Waals surface area contributed by atoms with Crippen molar-refractivity contribution in [1.29, 1.82) is 5.26 Å². The highest BCUT2D eigenvalue weighted by atomic mass is 127. The van der Waals surface area contributed by atoms with Crippen LogP contribution in [-0.4, -0.2) is 9.97 Å². The van der Waals surface area contributed by atoms with Crippen LogP contribution >= 0.6 is 22.6 Å². The molecular weight excluding hydrogens is 361 g/mol. The number of nitriles is 1. The molecule has 1 heterocycles. The lowest BCUT2D eigenvalue weighted by Gasteiger charge is -1.96. The minimum absolute atomic E-state index is 0.530. The van der Waals surface area contributed by atoms with Crippen molar-refractivity contribution < 1.29 is 0 Å². The summed E-state index contributed by atoms with van der Waals surface area (Å²) in [6.45, 7) is 0. The number of hydrogen-bond donors (Lipinski definition) is 1. The number of para-hydroxylation sites is 2. The quantitative estimate of drug-likeness (QED) is 0.542. The Bertz CT molecular complexity index is 790. The molecule has 2 aromatic carbocycles. The summed E-state index contributed by atoms with van der Waals surface area (Å²) in [7, 11) is 0. The second-order valence-electron chi connectivity index (χ2n) is 4.32. The van der Waals surface area contributed by atoms with Crippen LogP contribution in [0.25, 0.3) is 22.7 Å². The van der Waals surface area contributed by atoms with Gasteiger partial charge in [0, 0.05) is 3.57 Å². The minimum Gasteiger partial charge on any atom is -0.337 e. The number of rotatable bonds is 2. The van der Waals surface area contributed by atoms with E-state index in [4.69, 9.17) is 0 Å². The van der Waals surface area contributed by atoms with Gasteiger partial charge in [-0.1, -0.05) is 24.3 Å². The largest absolute Gasteiger partial charge is 0.337 e. The molecule has 0 saturated heterocycles. The van der Waals surface area contributed by atoms with Gasteiger partial charge in [0.05, 0.1) is 16.6 Å². The van der Waals surface area contributed by atoms with Gasteiger partial charge in [-0.2, -0.15) is 5.26 Å². The first-order chi connectivity index (χ1) is 9.76. The average molecular weight is 371 g/mol. The number of imidazole rings is 1. The standard InChI is InChI=1S/C16H10IN3/c17-13-7-5-11(6-8-13)9-12(10-18)16-19-14-3-1-2-4-15(14)20-16/h1-9H,(H,19,20)/b12-9-. The van der Waals surface area contributed by atoms with Crippen molar-refractivity contribution in [3.8, 4) is 6.07 Å². The Morgan fingerprint density at radius 1 is 1.15 bits per heavy atom. The van der Waals surface area contributed by atoms with Crippen LogP contribution in [0.2, 0.25) is 0 Å². The SMILES string of the molecule is N#C/C(=C/c1ccc(I)cc1)c1nc2ccccc2[nH]1. The normalized spacial score (nSPS) is 11.5. The molecule has 0 unspecified atom stereocenters. The lowest BCUT2D eigenvalue weighted by molar-refractivity contribution is 1.27. The van der Waals surface area contributed by atoms with E-state index in [0.29, 0.717) is 11.4 Å². The third-order valence-corrected chi connectivity index (χ3v) is 3.67. The van der Waals surface area contributed by atoms with Gasteiger partial charge in [0.1, 0.15) is 11.9 Å². The first-order valence-corrected chi connectivity index (χ1v) is 7.16. The first kappa shape index (κ1) is 12.9. The summed E-state index contributed by atoms with van der Waals surface area (Å²) in [5.41, 5.74) is 3.32. The predicted octanol–water partition coefficient (Wildman–Crippen LogP) is 4.23. The van der Waals surface area contributed by atoms with Crippen LogP contribution in [0.1, 0.15) is 11.4 Å². The van der Waals surface area contributed by atoms with Crippen LogP contribution in [0.5, 0.6) is 0 Å². The molecule has 96 valence electrons. The lowest BCUT2D eigenvalue weighted by atomic mass is 10.1. The number of allylic oxidation sites excluding steroid dienone is 1. The topological polar surface area (TPSA) is 52.5 Å². The molecule has 0 aliphatic heterocycles. The molecule has 0 aliphatic rings. The molecule has 1 aromatic heterocycles. The number of aromatic amines is 1. The molecule has 0 aliphatic carbocycles. The summed E-state index contributed by atoms with van der Waals surface area (Å²) < 4.78 is 1.17. The molecule has 3 nitrogen and oxygen atoms in total. The average Bonchev–Trinajstić information content (AvgIpc) is 2.90. The van der Waals surface area contributed by atoms with Crippen molar-refractivity contribution in [2.75, 3.05) is 0 Å². The molecule has 0 atom stereocenters. The highest BCUT2D eigenvalue weighted by molar-refractivity contribution is 14.1. The fraction of sp³-hybridized carbons (Fsp3) is 0. The van der Waals surface area contributed by atoms with Crippen LogP contribution in [0.4, 0.5) is 0 Å². The minimum atomic E-state index is 0.530. The number of nitrogens with one attached hydrogen (secondary N) is 1. The summed E-state index contributed by atoms with van der Waals surface area (Å²) in [6, 6.07) is 18.0. The molecule has 0 fully saturated rings. The van der Waals surface area contributed by atoms with Gasteiger partial charge >= 0.3 is 0 Å². The van der Waals surface area contributed by atoms with Crippen LogP contribution in [0, 0.1) is 14.9 Å². The maximum atomic E-state index is 9.34. The highest BCUT2D eigenvalue weighted by Crippen LogP contribution is 2.19. The summed E-state index contributed by atoms with van der Waals surface area (Å²) >= 11 is 2.26. The molecule has 20 heavy (non-hydrogen) atoms. The van der Waals surface area contributed by atoms with Crippen molar-refractivity contribution in [3.63, 3.8) is 0 Å². The van der Waals surface area contributed by atoms with Gasteiger partial charge < -0.3 is 4.98 Å². The van der Waals surface area contributed by atoms with Crippen LogP contribution in [0.15, 0.2) is 48.5 Å². The van der Waals surface area contributed by atoms with E-state index in [1.807, 2.05) is 54.6 Å². The first-order valence-electron chi connectivity index (χ1n) is 6.09. The highest BCUT2D eigenvalue weighted by Gasteiger charge is 2.07. The van der Waals surface area contributed by atoms with E-state index >= 15 is 0 Å². The predicted molar refractivity (Wildman–Crippen MR) is 88.7 cm³/mol. The maximum Gasteiger partial charge on any atom is 0.149 e. The van der Waals surface area contributed by atoms with Crippen LogP contribution < -0.4 is 0 Å². The van der Waals surface area contributed by atoms with Gasteiger partial charge in [-0.15, -0.1) is 0 Å². The van der Waals surface area contributed by atoms with E-state index in [2.05, 4.69) is 38.6 Å². The Labute approximate surface area is 130 Å². The summed E-state index contributed by atoms with van der Waals surface area (Å²) in [5.74, 6) is 0.604. The van der Waals surface area contributed by atoms with Gasteiger partial charge in [-0.3, -0.25) is 0 Å². The molecular formula is C16H10IN3. The number of H-pyrrole nitrogens is 1. The van der Waals surface area contributed by atoms with Crippen molar-refractivity contribution in [2.24, 2.45) is 0 Å². The third kappa shape index (κ3) is 2.58. The van der Waals surface area contributed by atoms with E-state index in [-0.39, 0.29) is 0 Å². The summed E-state index contributed by atoms with van der Waals surface area (Å²) in [6.07, 6.45) is 1.84.